The Balaban J connectivity index is 1.63. The lowest BCUT2D eigenvalue weighted by Crippen LogP contribution is -2.22. The van der Waals surface area contributed by atoms with Crippen molar-refractivity contribution in [3.8, 4) is 22.8 Å². The summed E-state index contributed by atoms with van der Waals surface area (Å²) in [5.41, 5.74) is 3.58. The van der Waals surface area contributed by atoms with Gasteiger partial charge in [-0.3, -0.25) is 4.79 Å². The van der Waals surface area contributed by atoms with Gasteiger partial charge < -0.3 is 14.8 Å². The Bertz CT molecular complexity index is 1170. The second-order valence-corrected chi connectivity index (χ2v) is 8.44. The van der Waals surface area contributed by atoms with Gasteiger partial charge in [0.05, 0.1) is 25.8 Å². The molecule has 4 aromatic rings. The lowest BCUT2D eigenvalue weighted by Gasteiger charge is -2.17. The molecule has 0 saturated heterocycles. The second kappa shape index (κ2) is 9.66. The minimum atomic E-state index is -0.425. The predicted octanol–water partition coefficient (Wildman–Crippen LogP) is 5.91. The summed E-state index contributed by atoms with van der Waals surface area (Å²) >= 11 is 1.45. The van der Waals surface area contributed by atoms with Gasteiger partial charge in [-0.15, -0.1) is 11.3 Å². The molecule has 5 nitrogen and oxygen atoms in total. The van der Waals surface area contributed by atoms with Crippen molar-refractivity contribution in [3.05, 3.63) is 94.9 Å². The van der Waals surface area contributed by atoms with Crippen LogP contribution in [0.3, 0.4) is 0 Å². The molecular weight excluding hydrogens is 420 g/mol. The van der Waals surface area contributed by atoms with Crippen molar-refractivity contribution in [1.29, 1.82) is 0 Å². The number of benzene rings is 3. The third-order valence-corrected chi connectivity index (χ3v) is 6.10. The molecule has 32 heavy (non-hydrogen) atoms. The summed E-state index contributed by atoms with van der Waals surface area (Å²) in [6.45, 7) is 1.99. The zero-order valence-electron chi connectivity index (χ0n) is 18.2. The van der Waals surface area contributed by atoms with Crippen molar-refractivity contribution >= 4 is 22.4 Å². The molecule has 0 aliphatic heterocycles. The van der Waals surface area contributed by atoms with E-state index in [0.717, 1.165) is 27.3 Å². The first kappa shape index (κ1) is 21.6. The van der Waals surface area contributed by atoms with E-state index in [1.807, 2.05) is 85.8 Å². The molecule has 6 heteroatoms. The highest BCUT2D eigenvalue weighted by Crippen LogP contribution is 2.36. The second-order valence-electron chi connectivity index (χ2n) is 7.24. The number of carbonyl (C=O) groups excluding carboxylic acids is 1. The van der Waals surface area contributed by atoms with Gasteiger partial charge in [-0.1, -0.05) is 60.7 Å². The maximum atomic E-state index is 13.4. The summed E-state index contributed by atoms with van der Waals surface area (Å²) in [7, 11) is 3.21. The minimum absolute atomic E-state index is 0.116. The van der Waals surface area contributed by atoms with E-state index in [4.69, 9.17) is 14.5 Å². The van der Waals surface area contributed by atoms with E-state index in [9.17, 15) is 4.79 Å². The number of rotatable bonds is 7. The van der Waals surface area contributed by atoms with Gasteiger partial charge in [-0.05, 0) is 36.2 Å². The van der Waals surface area contributed by atoms with E-state index >= 15 is 0 Å². The number of thiazole rings is 1. The van der Waals surface area contributed by atoms with Crippen molar-refractivity contribution in [1.82, 2.24) is 4.98 Å². The van der Waals surface area contributed by atoms with Gasteiger partial charge in [0.15, 0.2) is 16.6 Å². The van der Waals surface area contributed by atoms with Crippen LogP contribution in [0.1, 0.15) is 21.9 Å². The van der Waals surface area contributed by atoms with Gasteiger partial charge in [-0.2, -0.15) is 0 Å². The first-order chi connectivity index (χ1) is 15.6. The van der Waals surface area contributed by atoms with Crippen LogP contribution in [0.4, 0.5) is 5.13 Å². The molecule has 0 spiro atoms. The highest BCUT2D eigenvalue weighted by molar-refractivity contribution is 7.16. The molecule has 1 aromatic heterocycles. The molecule has 1 N–H and O–H groups in total. The van der Waals surface area contributed by atoms with E-state index in [0.29, 0.717) is 16.6 Å². The van der Waals surface area contributed by atoms with Crippen molar-refractivity contribution in [2.75, 3.05) is 19.5 Å². The molecular formula is C26H24N2O3S. The lowest BCUT2D eigenvalue weighted by atomic mass is 9.90. The van der Waals surface area contributed by atoms with Crippen LogP contribution < -0.4 is 14.8 Å². The maximum Gasteiger partial charge on any atom is 0.238 e. The number of hydrogen-bond donors (Lipinski definition) is 1. The minimum Gasteiger partial charge on any atom is -0.493 e. The van der Waals surface area contributed by atoms with Crippen LogP contribution in [0.15, 0.2) is 78.9 Å². The Labute approximate surface area is 191 Å². The van der Waals surface area contributed by atoms with Crippen LogP contribution in [0.2, 0.25) is 0 Å². The summed E-state index contributed by atoms with van der Waals surface area (Å²) in [4.78, 5) is 19.1. The number of hydrogen-bond acceptors (Lipinski definition) is 5. The highest BCUT2D eigenvalue weighted by Gasteiger charge is 2.24. The van der Waals surface area contributed by atoms with Crippen LogP contribution in [0, 0.1) is 6.92 Å². The number of nitrogens with zero attached hydrogens (tertiary/aromatic N) is 1. The molecule has 4 rings (SSSR count). The number of ether oxygens (including phenoxy) is 2. The van der Waals surface area contributed by atoms with E-state index in [-0.39, 0.29) is 5.91 Å². The molecule has 0 saturated carbocycles. The molecule has 162 valence electrons. The van der Waals surface area contributed by atoms with Gasteiger partial charge in [-0.25, -0.2) is 4.98 Å². The maximum absolute atomic E-state index is 13.4. The number of aromatic nitrogens is 1. The largest absolute Gasteiger partial charge is 0.493 e. The van der Waals surface area contributed by atoms with E-state index in [1.54, 1.807) is 14.2 Å². The van der Waals surface area contributed by atoms with Crippen molar-refractivity contribution in [2.45, 2.75) is 12.8 Å². The molecule has 0 unspecified atom stereocenters. The molecule has 3 aromatic carbocycles. The van der Waals surface area contributed by atoms with Crippen LogP contribution in [-0.4, -0.2) is 25.1 Å². The van der Waals surface area contributed by atoms with Crippen LogP contribution in [0.5, 0.6) is 11.5 Å². The molecule has 0 aliphatic carbocycles. The first-order valence-electron chi connectivity index (χ1n) is 10.2. The molecule has 0 aliphatic rings. The van der Waals surface area contributed by atoms with Gasteiger partial charge in [0, 0.05) is 10.4 Å². The van der Waals surface area contributed by atoms with Gasteiger partial charge in [0.1, 0.15) is 0 Å². The molecule has 1 heterocycles. The SMILES string of the molecule is COc1ccc(-c2nc(NC(=O)C(c3ccccc3)c3ccccc3)sc2C)cc1OC. The number of methoxy groups -OCH3 is 2. The van der Waals surface area contributed by atoms with Crippen LogP contribution >= 0.6 is 11.3 Å². The topological polar surface area (TPSA) is 60.5 Å². The molecule has 0 fully saturated rings. The van der Waals surface area contributed by atoms with Gasteiger partial charge >= 0.3 is 0 Å². The molecule has 0 bridgehead atoms. The average Bonchev–Trinajstić information content (AvgIpc) is 3.19. The average molecular weight is 445 g/mol. The Morgan fingerprint density at radius 2 is 1.47 bits per heavy atom. The first-order valence-corrected chi connectivity index (χ1v) is 11.0. The Hall–Kier alpha value is -3.64. The fraction of sp³-hybridized carbons (Fsp3) is 0.154. The number of carbonyl (C=O) groups is 1. The number of aryl methyl sites for hydroxylation is 1. The number of anilines is 1. The van der Waals surface area contributed by atoms with Crippen molar-refractivity contribution < 1.29 is 14.3 Å². The van der Waals surface area contributed by atoms with Crippen LogP contribution in [0.25, 0.3) is 11.3 Å². The monoisotopic (exact) mass is 444 g/mol. The smallest absolute Gasteiger partial charge is 0.238 e. The summed E-state index contributed by atoms with van der Waals surface area (Å²) in [6.07, 6.45) is 0. The summed E-state index contributed by atoms with van der Waals surface area (Å²) in [5.74, 6) is 0.753. The zero-order valence-corrected chi connectivity index (χ0v) is 19.0. The van der Waals surface area contributed by atoms with E-state index < -0.39 is 5.92 Å². The van der Waals surface area contributed by atoms with Crippen molar-refractivity contribution in [2.24, 2.45) is 0 Å². The predicted molar refractivity (Wildman–Crippen MR) is 129 cm³/mol. The van der Waals surface area contributed by atoms with Gasteiger partial charge in [0.25, 0.3) is 0 Å². The molecule has 0 radical (unpaired) electrons. The van der Waals surface area contributed by atoms with E-state index in [1.165, 1.54) is 11.3 Å². The molecule has 0 atom stereocenters. The Morgan fingerprint density at radius 1 is 0.875 bits per heavy atom. The molecule has 1 amide bonds. The van der Waals surface area contributed by atoms with Crippen LogP contribution in [-0.2, 0) is 4.79 Å². The summed E-state index contributed by atoms with van der Waals surface area (Å²) < 4.78 is 10.7. The number of amides is 1. The standard InChI is InChI=1S/C26H24N2O3S/c1-17-24(20-14-15-21(30-2)22(16-20)31-3)27-26(32-17)28-25(29)23(18-10-6-4-7-11-18)19-12-8-5-9-13-19/h4-16,23H,1-3H3,(H,27,28,29). The zero-order chi connectivity index (χ0) is 22.5. The quantitative estimate of drug-likeness (QED) is 0.385. The lowest BCUT2D eigenvalue weighted by molar-refractivity contribution is -0.116. The van der Waals surface area contributed by atoms with Crippen molar-refractivity contribution in [3.63, 3.8) is 0 Å². The van der Waals surface area contributed by atoms with Gasteiger partial charge in [0.2, 0.25) is 5.91 Å². The summed E-state index contributed by atoms with van der Waals surface area (Å²) in [6, 6.07) is 25.2. The third-order valence-electron chi connectivity index (χ3n) is 5.21. The normalized spacial score (nSPS) is 10.8. The Kier molecular flexibility index (Phi) is 6.52. The fourth-order valence-electron chi connectivity index (χ4n) is 3.66. The summed E-state index contributed by atoms with van der Waals surface area (Å²) in [5, 5.41) is 3.60. The third kappa shape index (κ3) is 4.50. The number of nitrogens with one attached hydrogen (secondary N) is 1. The Morgan fingerprint density at radius 3 is 2.03 bits per heavy atom. The fourth-order valence-corrected chi connectivity index (χ4v) is 4.50. The highest BCUT2D eigenvalue weighted by atomic mass is 32.1. The van der Waals surface area contributed by atoms with E-state index in [2.05, 4.69) is 5.32 Å².